The van der Waals surface area contributed by atoms with E-state index in [1.807, 2.05) is 11.6 Å². The highest BCUT2D eigenvalue weighted by Gasteiger charge is 2.22. The predicted octanol–water partition coefficient (Wildman–Crippen LogP) is 2.39. The van der Waals surface area contributed by atoms with Crippen LogP contribution in [-0.2, 0) is 13.0 Å². The molecule has 0 fully saturated rings. The molecular weight excluding hydrogens is 210 g/mol. The predicted molar refractivity (Wildman–Crippen MR) is 64.2 cm³/mol. The molecule has 0 amide bonds. The van der Waals surface area contributed by atoms with Crippen molar-refractivity contribution in [2.75, 3.05) is 6.54 Å². The number of nitrogens with two attached hydrogens (primary N) is 1. The van der Waals surface area contributed by atoms with E-state index in [4.69, 9.17) is 17.3 Å². The molecule has 0 radical (unpaired) electrons. The molecule has 1 rings (SSSR count). The summed E-state index contributed by atoms with van der Waals surface area (Å²) in [7, 11) is 0. The van der Waals surface area contributed by atoms with E-state index in [-0.39, 0.29) is 5.41 Å². The van der Waals surface area contributed by atoms with Gasteiger partial charge < -0.3 is 5.73 Å². The van der Waals surface area contributed by atoms with E-state index >= 15 is 0 Å². The van der Waals surface area contributed by atoms with E-state index in [9.17, 15) is 0 Å². The highest BCUT2D eigenvalue weighted by Crippen LogP contribution is 2.27. The molecule has 0 spiro atoms. The van der Waals surface area contributed by atoms with Crippen LogP contribution in [0.15, 0.2) is 0 Å². The van der Waals surface area contributed by atoms with E-state index in [0.717, 1.165) is 29.4 Å². The molecule has 0 aromatic carbocycles. The Kier molecular flexibility index (Phi) is 3.79. The maximum Gasteiger partial charge on any atom is 0.0847 e. The molecule has 0 aliphatic heterocycles. The smallest absolute Gasteiger partial charge is 0.0847 e. The van der Waals surface area contributed by atoms with Crippen LogP contribution in [0.25, 0.3) is 0 Å². The van der Waals surface area contributed by atoms with E-state index in [0.29, 0.717) is 6.54 Å². The van der Waals surface area contributed by atoms with Crippen molar-refractivity contribution in [1.29, 1.82) is 0 Å². The van der Waals surface area contributed by atoms with Crippen molar-refractivity contribution >= 4 is 11.6 Å². The van der Waals surface area contributed by atoms with Crippen molar-refractivity contribution in [2.45, 2.75) is 40.7 Å². The summed E-state index contributed by atoms with van der Waals surface area (Å²) >= 11 is 6.23. The third-order valence-electron chi connectivity index (χ3n) is 2.65. The van der Waals surface area contributed by atoms with Gasteiger partial charge in [-0.2, -0.15) is 5.10 Å². The average Bonchev–Trinajstić information content (AvgIpc) is 2.45. The van der Waals surface area contributed by atoms with Crippen molar-refractivity contribution in [2.24, 2.45) is 11.1 Å². The Morgan fingerprint density at radius 1 is 1.47 bits per heavy atom. The summed E-state index contributed by atoms with van der Waals surface area (Å²) in [4.78, 5) is 0. The molecule has 86 valence electrons. The lowest BCUT2D eigenvalue weighted by Gasteiger charge is -2.22. The molecule has 0 aliphatic rings. The van der Waals surface area contributed by atoms with Crippen LogP contribution < -0.4 is 5.73 Å². The average molecular weight is 230 g/mol. The third-order valence-corrected chi connectivity index (χ3v) is 3.14. The number of aryl methyl sites for hydroxylation is 2. The first-order valence-corrected chi connectivity index (χ1v) is 5.71. The van der Waals surface area contributed by atoms with Gasteiger partial charge in [0.05, 0.1) is 16.4 Å². The number of rotatable bonds is 4. The van der Waals surface area contributed by atoms with Crippen LogP contribution in [0, 0.1) is 12.3 Å². The fourth-order valence-electron chi connectivity index (χ4n) is 1.56. The van der Waals surface area contributed by atoms with Crippen molar-refractivity contribution in [3.63, 3.8) is 0 Å². The van der Waals surface area contributed by atoms with Gasteiger partial charge >= 0.3 is 0 Å². The molecule has 2 N–H and O–H groups in total. The summed E-state index contributed by atoms with van der Waals surface area (Å²) < 4.78 is 1.97. The Labute approximate surface area is 96.6 Å². The number of nitrogens with zero attached hydrogens (tertiary/aromatic N) is 2. The van der Waals surface area contributed by atoms with Gasteiger partial charge in [0.15, 0.2) is 0 Å². The molecule has 0 unspecified atom stereocenters. The van der Waals surface area contributed by atoms with E-state index in [2.05, 4.69) is 25.9 Å². The lowest BCUT2D eigenvalue weighted by atomic mass is 9.88. The van der Waals surface area contributed by atoms with Gasteiger partial charge in [0.2, 0.25) is 0 Å². The molecule has 0 bridgehead atoms. The first-order valence-electron chi connectivity index (χ1n) is 5.33. The Bertz CT molecular complexity index is 342. The molecule has 0 aliphatic carbocycles. The summed E-state index contributed by atoms with van der Waals surface area (Å²) in [5.74, 6) is 0. The lowest BCUT2D eigenvalue weighted by molar-refractivity contribution is 0.363. The second-order valence-corrected chi connectivity index (χ2v) is 5.08. The van der Waals surface area contributed by atoms with E-state index in [1.165, 1.54) is 0 Å². The Morgan fingerprint density at radius 3 is 2.53 bits per heavy atom. The van der Waals surface area contributed by atoms with Gasteiger partial charge in [0.25, 0.3) is 0 Å². The highest BCUT2D eigenvalue weighted by molar-refractivity contribution is 6.31. The number of hydrogen-bond donors (Lipinski definition) is 1. The summed E-state index contributed by atoms with van der Waals surface area (Å²) in [6.07, 6.45) is 0.872. The molecule has 1 heterocycles. The van der Waals surface area contributed by atoms with E-state index < -0.39 is 0 Å². The molecular formula is C11H20ClN3. The molecule has 1 aromatic heterocycles. The number of halogens is 1. The standard InChI is InChI=1S/C11H20ClN3/c1-5-15-9(6-11(3,4)7-13)10(12)8(2)14-15/h5-7,13H2,1-4H3. The molecule has 15 heavy (non-hydrogen) atoms. The third kappa shape index (κ3) is 2.73. The van der Waals surface area contributed by atoms with Crippen LogP contribution in [0.1, 0.15) is 32.2 Å². The van der Waals surface area contributed by atoms with Gasteiger partial charge in [-0.15, -0.1) is 0 Å². The highest BCUT2D eigenvalue weighted by atomic mass is 35.5. The quantitative estimate of drug-likeness (QED) is 0.862. The van der Waals surface area contributed by atoms with Crippen LogP contribution in [0.4, 0.5) is 0 Å². The van der Waals surface area contributed by atoms with Crippen molar-refractivity contribution in [1.82, 2.24) is 9.78 Å². The van der Waals surface area contributed by atoms with Crippen molar-refractivity contribution < 1.29 is 0 Å². The normalized spacial score (nSPS) is 12.1. The molecule has 0 saturated carbocycles. The zero-order valence-electron chi connectivity index (χ0n) is 9.97. The largest absolute Gasteiger partial charge is 0.330 e. The minimum atomic E-state index is 0.0725. The summed E-state index contributed by atoms with van der Waals surface area (Å²) in [6.45, 7) is 9.80. The second kappa shape index (κ2) is 4.54. The number of hydrogen-bond acceptors (Lipinski definition) is 2. The minimum Gasteiger partial charge on any atom is -0.330 e. The molecule has 3 nitrogen and oxygen atoms in total. The van der Waals surface area contributed by atoms with Crippen LogP contribution in [0.5, 0.6) is 0 Å². The van der Waals surface area contributed by atoms with Crippen LogP contribution in [-0.4, -0.2) is 16.3 Å². The minimum absolute atomic E-state index is 0.0725. The zero-order valence-corrected chi connectivity index (χ0v) is 10.7. The summed E-state index contributed by atoms with van der Waals surface area (Å²) in [5, 5.41) is 5.18. The van der Waals surface area contributed by atoms with Crippen LogP contribution in [0.3, 0.4) is 0 Å². The Balaban J connectivity index is 3.03. The topological polar surface area (TPSA) is 43.8 Å². The Morgan fingerprint density at radius 2 is 2.07 bits per heavy atom. The van der Waals surface area contributed by atoms with Gasteiger partial charge in [-0.1, -0.05) is 25.4 Å². The number of aromatic nitrogens is 2. The van der Waals surface area contributed by atoms with Gasteiger partial charge in [-0.05, 0) is 32.2 Å². The monoisotopic (exact) mass is 229 g/mol. The first kappa shape index (κ1) is 12.5. The van der Waals surface area contributed by atoms with Gasteiger partial charge in [-0.3, -0.25) is 4.68 Å². The molecule has 4 heteroatoms. The second-order valence-electron chi connectivity index (χ2n) is 4.71. The molecule has 0 saturated heterocycles. The summed E-state index contributed by atoms with van der Waals surface area (Å²) in [5.41, 5.74) is 7.81. The van der Waals surface area contributed by atoms with Crippen molar-refractivity contribution in [3.05, 3.63) is 16.4 Å². The van der Waals surface area contributed by atoms with Crippen molar-refractivity contribution in [3.8, 4) is 0 Å². The Hall–Kier alpha value is -0.540. The zero-order chi connectivity index (χ0) is 11.6. The molecule has 1 aromatic rings. The van der Waals surface area contributed by atoms with Crippen LogP contribution >= 0.6 is 11.6 Å². The maximum atomic E-state index is 6.23. The SMILES string of the molecule is CCn1nc(C)c(Cl)c1CC(C)(C)CN. The fourth-order valence-corrected chi connectivity index (χ4v) is 1.77. The van der Waals surface area contributed by atoms with Gasteiger partial charge in [0.1, 0.15) is 0 Å². The molecule has 0 atom stereocenters. The van der Waals surface area contributed by atoms with E-state index in [1.54, 1.807) is 0 Å². The lowest BCUT2D eigenvalue weighted by Crippen LogP contribution is -2.27. The van der Waals surface area contributed by atoms with Crippen LogP contribution in [0.2, 0.25) is 5.02 Å². The first-order chi connectivity index (χ1) is 6.91. The maximum absolute atomic E-state index is 6.23. The summed E-state index contributed by atoms with van der Waals surface area (Å²) in [6, 6.07) is 0. The van der Waals surface area contributed by atoms with Gasteiger partial charge in [0, 0.05) is 6.54 Å². The fraction of sp³-hybridized carbons (Fsp3) is 0.727. The van der Waals surface area contributed by atoms with Gasteiger partial charge in [-0.25, -0.2) is 0 Å².